The minimum Gasteiger partial charge on any atom is -0.332 e. The average molecular weight is 629 g/mol. The third-order valence-electron chi connectivity index (χ3n) is 10.5. The summed E-state index contributed by atoms with van der Waals surface area (Å²) in [5, 5.41) is 19.5. The second kappa shape index (κ2) is 11.4. The topological polar surface area (TPSA) is 54.1 Å². The number of hydrogen-bond donors (Lipinski definition) is 0. The van der Waals surface area contributed by atoms with Gasteiger partial charge in [0.25, 0.3) is 0 Å². The highest BCUT2D eigenvalue weighted by molar-refractivity contribution is 5.95. The number of nitrogens with zero attached hydrogens (tertiary/aromatic N) is 4. The molecule has 4 nitrogen and oxygen atoms in total. The number of rotatable bonds is 4. The number of benzene rings is 5. The summed E-state index contributed by atoms with van der Waals surface area (Å²) in [5.41, 5.74) is 14.5. The lowest BCUT2D eigenvalue weighted by Crippen LogP contribution is -2.33. The van der Waals surface area contributed by atoms with Crippen LogP contribution in [-0.4, -0.2) is 12.1 Å². The summed E-state index contributed by atoms with van der Waals surface area (Å²) in [6, 6.07) is 43.1. The van der Waals surface area contributed by atoms with Crippen molar-refractivity contribution in [3.05, 3.63) is 185 Å². The monoisotopic (exact) mass is 628 g/mol. The van der Waals surface area contributed by atoms with Gasteiger partial charge in [0, 0.05) is 34.5 Å². The van der Waals surface area contributed by atoms with Crippen molar-refractivity contribution in [2.45, 2.75) is 30.8 Å². The summed E-state index contributed by atoms with van der Waals surface area (Å²) in [7, 11) is 0. The summed E-state index contributed by atoms with van der Waals surface area (Å²) in [5.74, 6) is 0.263. The van der Waals surface area contributed by atoms with Crippen molar-refractivity contribution in [1.82, 2.24) is 0 Å². The highest BCUT2D eigenvalue weighted by atomic mass is 15.2. The van der Waals surface area contributed by atoms with E-state index in [1.54, 1.807) is 0 Å². The molecule has 2 heterocycles. The predicted molar refractivity (Wildman–Crippen MR) is 198 cm³/mol. The molecule has 4 atom stereocenters. The van der Waals surface area contributed by atoms with E-state index in [1.807, 2.05) is 30.3 Å². The Kier molecular flexibility index (Phi) is 6.71. The van der Waals surface area contributed by atoms with Gasteiger partial charge in [0.05, 0.1) is 35.0 Å². The average Bonchev–Trinajstić information content (AvgIpc) is 3.67. The van der Waals surface area contributed by atoms with E-state index in [9.17, 15) is 10.5 Å². The zero-order valence-corrected chi connectivity index (χ0v) is 27.0. The molecular weight excluding hydrogens is 597 g/mol. The van der Waals surface area contributed by atoms with Gasteiger partial charge in [-0.1, -0.05) is 103 Å². The van der Waals surface area contributed by atoms with E-state index in [4.69, 9.17) is 0 Å². The molecule has 0 saturated carbocycles. The van der Waals surface area contributed by atoms with Crippen LogP contribution in [-0.2, 0) is 0 Å². The third-order valence-corrected chi connectivity index (χ3v) is 10.5. The zero-order valence-electron chi connectivity index (χ0n) is 27.0. The van der Waals surface area contributed by atoms with E-state index in [1.165, 1.54) is 44.6 Å². The number of hydrogen-bond acceptors (Lipinski definition) is 4. The minimum absolute atomic E-state index is 0.0697. The van der Waals surface area contributed by atoms with Crippen LogP contribution in [0.2, 0.25) is 0 Å². The van der Waals surface area contributed by atoms with Gasteiger partial charge in [-0.2, -0.15) is 10.5 Å². The molecule has 5 aromatic carbocycles. The highest BCUT2D eigenvalue weighted by Crippen LogP contribution is 2.54. The van der Waals surface area contributed by atoms with E-state index in [0.29, 0.717) is 11.1 Å². The first-order valence-corrected chi connectivity index (χ1v) is 16.8. The molecule has 5 aromatic rings. The van der Waals surface area contributed by atoms with Gasteiger partial charge in [0.2, 0.25) is 0 Å². The van der Waals surface area contributed by atoms with Crippen molar-refractivity contribution in [3.63, 3.8) is 0 Å². The fraction of sp³-hybridized carbons (Fsp3) is 0.111. The number of nitriles is 2. The van der Waals surface area contributed by atoms with Gasteiger partial charge in [0.15, 0.2) is 0 Å². The maximum atomic E-state index is 10.0. The van der Waals surface area contributed by atoms with Gasteiger partial charge in [0.1, 0.15) is 6.07 Å². The number of allylic oxidation sites excluding steroid dienone is 4. The van der Waals surface area contributed by atoms with E-state index in [2.05, 4.69) is 150 Å². The lowest BCUT2D eigenvalue weighted by molar-refractivity contribution is 0.723. The second-order valence-electron chi connectivity index (χ2n) is 13.2. The van der Waals surface area contributed by atoms with Gasteiger partial charge >= 0.3 is 0 Å². The first-order valence-electron chi connectivity index (χ1n) is 16.8. The summed E-state index contributed by atoms with van der Waals surface area (Å²) in [4.78, 5) is 4.80. The molecule has 49 heavy (non-hydrogen) atoms. The molecular formula is C45H32N4. The summed E-state index contributed by atoms with van der Waals surface area (Å²) < 4.78 is 0. The molecule has 0 fully saturated rings. The Balaban J connectivity index is 1.16. The van der Waals surface area contributed by atoms with E-state index in [-0.39, 0.29) is 23.9 Å². The molecule has 0 saturated heterocycles. The standard InChI is InChI=1S/C45H32N4/c1-29-19-24-42-39(25-29)37-15-7-14-36(45(37)48(42)34-22-20-30(27-46)21-23-34)32-11-6-10-31(26-32)35-13-8-18-43-44(35)38-12-3-5-17-41(38)49(43)40-16-4-2-9-33(40)28-47/h2-26,36,38,41,45H,1H3. The lowest BCUT2D eigenvalue weighted by Gasteiger charge is -2.35. The van der Waals surface area contributed by atoms with Crippen molar-refractivity contribution < 1.29 is 0 Å². The molecule has 4 heteroatoms. The SMILES string of the molecule is Cc1ccc2c(c1)C1=CC=CC(c3cccc(-c4cccc5c4C4C=CC=CC4N5c4ccccc4C#N)c3)C1N2c1ccc(C#N)cc1. The van der Waals surface area contributed by atoms with Crippen LogP contribution < -0.4 is 9.80 Å². The van der Waals surface area contributed by atoms with Crippen LogP contribution in [0.1, 0.15) is 45.2 Å². The summed E-state index contributed by atoms with van der Waals surface area (Å²) >= 11 is 0. The van der Waals surface area contributed by atoms with Crippen LogP contribution in [0, 0.1) is 29.6 Å². The summed E-state index contributed by atoms with van der Waals surface area (Å²) in [6.45, 7) is 2.15. The Labute approximate surface area is 287 Å². The fourth-order valence-corrected chi connectivity index (χ4v) is 8.37. The maximum absolute atomic E-state index is 10.0. The summed E-state index contributed by atoms with van der Waals surface area (Å²) in [6.07, 6.45) is 15.7. The first-order chi connectivity index (χ1) is 24.1. The van der Waals surface area contributed by atoms with Crippen LogP contribution in [0.15, 0.2) is 152 Å². The zero-order chi connectivity index (χ0) is 33.1. The minimum atomic E-state index is 0.0697. The van der Waals surface area contributed by atoms with Gasteiger partial charge in [-0.25, -0.2) is 0 Å². The van der Waals surface area contributed by atoms with Crippen LogP contribution in [0.5, 0.6) is 0 Å². The number of aryl methyl sites for hydroxylation is 1. The van der Waals surface area contributed by atoms with Gasteiger partial charge < -0.3 is 9.80 Å². The number of fused-ring (bicyclic) bond motifs is 6. The quantitative estimate of drug-likeness (QED) is 0.199. The Morgan fingerprint density at radius 3 is 2.27 bits per heavy atom. The fourth-order valence-electron chi connectivity index (χ4n) is 8.37. The molecule has 4 aliphatic rings. The van der Waals surface area contributed by atoms with E-state index < -0.39 is 0 Å². The molecule has 2 aliphatic carbocycles. The first kappa shape index (κ1) is 28.8. The molecule has 2 aliphatic heterocycles. The normalized spacial score (nSPS) is 20.9. The number of anilines is 4. The number of para-hydroxylation sites is 1. The molecule has 0 spiro atoms. The van der Waals surface area contributed by atoms with Crippen LogP contribution in [0.3, 0.4) is 0 Å². The maximum Gasteiger partial charge on any atom is 0.101 e. The molecule has 0 radical (unpaired) electrons. The second-order valence-corrected chi connectivity index (χ2v) is 13.2. The van der Waals surface area contributed by atoms with E-state index in [0.717, 1.165) is 17.1 Å². The van der Waals surface area contributed by atoms with Crippen molar-refractivity contribution in [3.8, 4) is 23.3 Å². The molecule has 232 valence electrons. The molecule has 0 amide bonds. The largest absolute Gasteiger partial charge is 0.332 e. The van der Waals surface area contributed by atoms with Gasteiger partial charge in [-0.05, 0) is 89.3 Å². The smallest absolute Gasteiger partial charge is 0.101 e. The third kappa shape index (κ3) is 4.50. The van der Waals surface area contributed by atoms with Crippen molar-refractivity contribution >= 4 is 28.3 Å². The van der Waals surface area contributed by atoms with Gasteiger partial charge in [-0.15, -0.1) is 0 Å². The van der Waals surface area contributed by atoms with Crippen molar-refractivity contribution in [2.75, 3.05) is 9.80 Å². The Hall–Kier alpha value is -6.36. The predicted octanol–water partition coefficient (Wildman–Crippen LogP) is 10.4. The van der Waals surface area contributed by atoms with Crippen molar-refractivity contribution in [1.29, 1.82) is 10.5 Å². The Bertz CT molecular complexity index is 2360. The highest BCUT2D eigenvalue weighted by Gasteiger charge is 2.42. The van der Waals surface area contributed by atoms with Crippen LogP contribution >= 0.6 is 0 Å². The Morgan fingerprint density at radius 1 is 0.612 bits per heavy atom. The van der Waals surface area contributed by atoms with Crippen molar-refractivity contribution in [2.24, 2.45) is 0 Å². The molecule has 0 bridgehead atoms. The van der Waals surface area contributed by atoms with E-state index >= 15 is 0 Å². The van der Waals surface area contributed by atoms with Crippen LogP contribution in [0.4, 0.5) is 22.7 Å². The van der Waals surface area contributed by atoms with Crippen LogP contribution in [0.25, 0.3) is 16.7 Å². The van der Waals surface area contributed by atoms with Gasteiger partial charge in [-0.3, -0.25) is 0 Å². The molecule has 9 rings (SSSR count). The molecule has 0 N–H and O–H groups in total. The Morgan fingerprint density at radius 2 is 1.41 bits per heavy atom. The molecule has 0 aromatic heterocycles. The lowest BCUT2D eigenvalue weighted by atomic mass is 9.81. The molecule has 4 unspecified atom stereocenters.